The molecule has 6 heteroatoms. The third-order valence-electron chi connectivity index (χ3n) is 4.15. The highest BCUT2D eigenvalue weighted by atomic mass is 16.3. The fraction of sp³-hybridized carbons (Fsp3) is 0.105. The van der Waals surface area contributed by atoms with Gasteiger partial charge in [-0.1, -0.05) is 17.3 Å². The number of anilines is 1. The van der Waals surface area contributed by atoms with E-state index in [1.807, 2.05) is 62.8 Å². The maximum atomic E-state index is 9.98. The van der Waals surface area contributed by atoms with Crippen LogP contribution in [0.15, 0.2) is 60.9 Å². The molecule has 0 spiro atoms. The summed E-state index contributed by atoms with van der Waals surface area (Å²) in [6.07, 6.45) is 3.54. The van der Waals surface area contributed by atoms with E-state index in [0.717, 1.165) is 28.0 Å². The Morgan fingerprint density at radius 3 is 2.56 bits per heavy atom. The predicted molar refractivity (Wildman–Crippen MR) is 98.1 cm³/mol. The lowest BCUT2D eigenvalue weighted by Crippen LogP contribution is -2.07. The lowest BCUT2D eigenvalue weighted by molar-refractivity contribution is 0.480. The summed E-state index contributed by atoms with van der Waals surface area (Å²) >= 11 is 0. The van der Waals surface area contributed by atoms with Crippen LogP contribution in [0.4, 0.5) is 5.69 Å². The summed E-state index contributed by atoms with van der Waals surface area (Å²) in [7, 11) is 4.02. The molecule has 0 radical (unpaired) electrons. The highest BCUT2D eigenvalue weighted by Gasteiger charge is 2.11. The molecule has 1 N–H and O–H groups in total. The zero-order valence-corrected chi connectivity index (χ0v) is 14.0. The lowest BCUT2D eigenvalue weighted by atomic mass is 10.1. The van der Waals surface area contributed by atoms with E-state index in [1.165, 1.54) is 0 Å². The molecule has 4 rings (SSSR count). The summed E-state index contributed by atoms with van der Waals surface area (Å²) in [6.45, 7) is 0. The molecule has 0 aliphatic rings. The van der Waals surface area contributed by atoms with E-state index in [0.29, 0.717) is 5.52 Å². The average Bonchev–Trinajstić information content (AvgIpc) is 3.12. The van der Waals surface area contributed by atoms with Gasteiger partial charge in [-0.2, -0.15) is 0 Å². The first-order valence-electron chi connectivity index (χ1n) is 7.90. The van der Waals surface area contributed by atoms with Crippen LogP contribution in [0, 0.1) is 0 Å². The maximum absolute atomic E-state index is 9.98. The summed E-state index contributed by atoms with van der Waals surface area (Å²) in [5, 5.41) is 19.3. The Balaban J connectivity index is 1.76. The molecular weight excluding hydrogens is 314 g/mol. The number of nitrogens with zero attached hydrogens (tertiary/aromatic N) is 5. The summed E-state index contributed by atoms with van der Waals surface area (Å²) in [5.41, 5.74) is 4.29. The second kappa shape index (κ2) is 5.90. The molecule has 2 aromatic carbocycles. The number of fused-ring (bicyclic) bond motifs is 1. The van der Waals surface area contributed by atoms with Crippen LogP contribution in [0.2, 0.25) is 0 Å². The standard InChI is InChI=1S/C19H17N5O/c1-23(2)14-7-5-13(6-8-14)16-12-24(22-21-16)17-9-10-18(25)19-15(17)4-3-11-20-19/h3-12,25H,1-2H3. The third kappa shape index (κ3) is 2.67. The Hall–Kier alpha value is -3.41. The van der Waals surface area contributed by atoms with Gasteiger partial charge < -0.3 is 10.0 Å². The van der Waals surface area contributed by atoms with E-state index in [9.17, 15) is 5.11 Å². The van der Waals surface area contributed by atoms with Gasteiger partial charge in [0.15, 0.2) is 0 Å². The zero-order valence-electron chi connectivity index (χ0n) is 14.0. The topological polar surface area (TPSA) is 67.1 Å². The molecule has 0 saturated carbocycles. The molecule has 6 nitrogen and oxygen atoms in total. The van der Waals surface area contributed by atoms with Crippen molar-refractivity contribution < 1.29 is 5.11 Å². The van der Waals surface area contributed by atoms with Crippen molar-refractivity contribution >= 4 is 16.6 Å². The number of phenolic OH excluding ortho intramolecular Hbond substituents is 1. The molecule has 2 heterocycles. The van der Waals surface area contributed by atoms with Crippen molar-refractivity contribution in [2.24, 2.45) is 0 Å². The third-order valence-corrected chi connectivity index (χ3v) is 4.15. The van der Waals surface area contributed by atoms with Crippen LogP contribution in [0.5, 0.6) is 5.75 Å². The SMILES string of the molecule is CN(C)c1ccc(-c2cn(-c3ccc(O)c4ncccc34)nn2)cc1. The van der Waals surface area contributed by atoms with Gasteiger partial charge >= 0.3 is 0 Å². The minimum atomic E-state index is 0.152. The average molecular weight is 331 g/mol. The van der Waals surface area contributed by atoms with Crippen molar-refractivity contribution in [3.8, 4) is 22.7 Å². The van der Waals surface area contributed by atoms with Crippen LogP contribution < -0.4 is 4.90 Å². The molecule has 0 aliphatic heterocycles. The van der Waals surface area contributed by atoms with Crippen molar-refractivity contribution in [2.75, 3.05) is 19.0 Å². The largest absolute Gasteiger partial charge is 0.506 e. The number of phenols is 1. The van der Waals surface area contributed by atoms with Gasteiger partial charge in [0.1, 0.15) is 17.0 Å². The molecule has 0 unspecified atom stereocenters. The fourth-order valence-electron chi connectivity index (χ4n) is 2.79. The Labute approximate surface area is 145 Å². The molecular formula is C19H17N5O. The number of aromatic hydroxyl groups is 1. The minimum absolute atomic E-state index is 0.152. The van der Waals surface area contributed by atoms with Gasteiger partial charge in [-0.25, -0.2) is 4.68 Å². The molecule has 2 aromatic heterocycles. The smallest absolute Gasteiger partial charge is 0.141 e. The van der Waals surface area contributed by atoms with Crippen LogP contribution in [-0.4, -0.2) is 39.2 Å². The van der Waals surface area contributed by atoms with Crippen molar-refractivity contribution in [2.45, 2.75) is 0 Å². The Kier molecular flexibility index (Phi) is 3.57. The van der Waals surface area contributed by atoms with Gasteiger partial charge in [-0.05, 0) is 36.4 Å². The minimum Gasteiger partial charge on any atom is -0.506 e. The monoisotopic (exact) mass is 331 g/mol. The van der Waals surface area contributed by atoms with Crippen molar-refractivity contribution in [3.63, 3.8) is 0 Å². The molecule has 0 fully saturated rings. The van der Waals surface area contributed by atoms with Gasteiger partial charge in [0.2, 0.25) is 0 Å². The van der Waals surface area contributed by atoms with Crippen LogP contribution in [0.25, 0.3) is 27.8 Å². The zero-order chi connectivity index (χ0) is 17.4. The number of pyridine rings is 1. The first-order chi connectivity index (χ1) is 12.1. The Bertz CT molecular complexity index is 1040. The van der Waals surface area contributed by atoms with Crippen molar-refractivity contribution in [1.29, 1.82) is 0 Å². The Morgan fingerprint density at radius 2 is 1.80 bits per heavy atom. The van der Waals surface area contributed by atoms with E-state index in [4.69, 9.17) is 0 Å². The van der Waals surface area contributed by atoms with Gasteiger partial charge in [-0.3, -0.25) is 4.98 Å². The fourth-order valence-corrected chi connectivity index (χ4v) is 2.79. The van der Waals surface area contributed by atoms with Crippen molar-refractivity contribution in [1.82, 2.24) is 20.0 Å². The van der Waals surface area contributed by atoms with Gasteiger partial charge in [0.05, 0.1) is 11.9 Å². The van der Waals surface area contributed by atoms with Crippen LogP contribution >= 0.6 is 0 Å². The van der Waals surface area contributed by atoms with Crippen LogP contribution in [-0.2, 0) is 0 Å². The summed E-state index contributed by atoms with van der Waals surface area (Å²) in [6, 6.07) is 15.3. The molecule has 0 saturated heterocycles. The first-order valence-corrected chi connectivity index (χ1v) is 7.90. The molecule has 124 valence electrons. The molecule has 4 aromatic rings. The number of aromatic nitrogens is 4. The molecule has 25 heavy (non-hydrogen) atoms. The van der Waals surface area contributed by atoms with E-state index in [-0.39, 0.29) is 5.75 Å². The Morgan fingerprint density at radius 1 is 1.00 bits per heavy atom. The lowest BCUT2D eigenvalue weighted by Gasteiger charge is -2.11. The van der Waals surface area contributed by atoms with Gasteiger partial charge in [0.25, 0.3) is 0 Å². The number of hydrogen-bond acceptors (Lipinski definition) is 5. The molecule has 0 aliphatic carbocycles. The van der Waals surface area contributed by atoms with Gasteiger partial charge in [0, 0.05) is 36.9 Å². The van der Waals surface area contributed by atoms with E-state index < -0.39 is 0 Å². The van der Waals surface area contributed by atoms with E-state index in [2.05, 4.69) is 20.2 Å². The molecule has 0 amide bonds. The second-order valence-corrected chi connectivity index (χ2v) is 5.99. The number of benzene rings is 2. The van der Waals surface area contributed by atoms with Crippen LogP contribution in [0.1, 0.15) is 0 Å². The van der Waals surface area contributed by atoms with Crippen LogP contribution in [0.3, 0.4) is 0 Å². The van der Waals surface area contributed by atoms with E-state index >= 15 is 0 Å². The summed E-state index contributed by atoms with van der Waals surface area (Å²) < 4.78 is 1.71. The molecule has 0 atom stereocenters. The predicted octanol–water partition coefficient (Wildman–Crippen LogP) is 3.25. The quantitative estimate of drug-likeness (QED) is 0.624. The van der Waals surface area contributed by atoms with E-state index in [1.54, 1.807) is 16.9 Å². The van der Waals surface area contributed by atoms with Crippen molar-refractivity contribution in [3.05, 3.63) is 60.9 Å². The number of rotatable bonds is 3. The highest BCUT2D eigenvalue weighted by molar-refractivity contribution is 5.91. The summed E-state index contributed by atoms with van der Waals surface area (Å²) in [4.78, 5) is 6.29. The van der Waals surface area contributed by atoms with Gasteiger partial charge in [-0.15, -0.1) is 5.10 Å². The maximum Gasteiger partial charge on any atom is 0.141 e. The second-order valence-electron chi connectivity index (χ2n) is 5.99. The highest BCUT2D eigenvalue weighted by Crippen LogP contribution is 2.28. The first kappa shape index (κ1) is 15.1. The normalized spacial score (nSPS) is 11.0. The number of hydrogen-bond donors (Lipinski definition) is 1. The molecule has 0 bridgehead atoms. The summed E-state index contributed by atoms with van der Waals surface area (Å²) in [5.74, 6) is 0.152.